The van der Waals surface area contributed by atoms with Gasteiger partial charge in [0.1, 0.15) is 5.76 Å². The summed E-state index contributed by atoms with van der Waals surface area (Å²) in [5.41, 5.74) is 0.787. The maximum absolute atomic E-state index is 11.9. The standard InChI is InChI=1S/C15H14Br2O5/c1-19-11-6-9(12(17)14(21-3)13(11)20-2)10-5-4-8(7-16)15(18)22-10/h4-6H,7H2,1-3H3. The highest BCUT2D eigenvalue weighted by atomic mass is 79.9. The first-order valence-corrected chi connectivity index (χ1v) is 8.16. The van der Waals surface area contributed by atoms with Crippen molar-refractivity contribution in [3.63, 3.8) is 0 Å². The van der Waals surface area contributed by atoms with Crippen molar-refractivity contribution in [2.24, 2.45) is 0 Å². The van der Waals surface area contributed by atoms with Crippen LogP contribution in [0.2, 0.25) is 0 Å². The van der Waals surface area contributed by atoms with Gasteiger partial charge >= 0.3 is 5.63 Å². The number of hydrogen-bond donors (Lipinski definition) is 0. The van der Waals surface area contributed by atoms with Crippen molar-refractivity contribution in [3.8, 4) is 28.6 Å². The van der Waals surface area contributed by atoms with E-state index in [1.54, 1.807) is 18.2 Å². The third kappa shape index (κ3) is 3.01. The van der Waals surface area contributed by atoms with Crippen LogP contribution in [0.3, 0.4) is 0 Å². The zero-order valence-electron chi connectivity index (χ0n) is 12.2. The third-order valence-corrected chi connectivity index (χ3v) is 4.47. The van der Waals surface area contributed by atoms with Gasteiger partial charge in [-0.05, 0) is 34.1 Å². The van der Waals surface area contributed by atoms with Crippen LogP contribution in [-0.2, 0) is 5.33 Å². The number of benzene rings is 1. The van der Waals surface area contributed by atoms with Gasteiger partial charge in [-0.2, -0.15) is 0 Å². The Hall–Kier alpha value is -1.47. The van der Waals surface area contributed by atoms with E-state index in [2.05, 4.69) is 31.9 Å². The van der Waals surface area contributed by atoms with Crippen LogP contribution in [0.4, 0.5) is 0 Å². The molecule has 0 aliphatic rings. The summed E-state index contributed by atoms with van der Waals surface area (Å²) in [5.74, 6) is 1.80. The number of halogens is 2. The second-order valence-corrected chi connectivity index (χ2v) is 5.61. The quantitative estimate of drug-likeness (QED) is 0.667. The second kappa shape index (κ2) is 7.19. The van der Waals surface area contributed by atoms with E-state index < -0.39 is 5.63 Å². The molecule has 5 nitrogen and oxygen atoms in total. The topological polar surface area (TPSA) is 57.9 Å². The van der Waals surface area contributed by atoms with Gasteiger partial charge in [-0.25, -0.2) is 4.79 Å². The second-order valence-electron chi connectivity index (χ2n) is 4.25. The van der Waals surface area contributed by atoms with E-state index in [0.29, 0.717) is 43.9 Å². The Morgan fingerprint density at radius 3 is 2.27 bits per heavy atom. The van der Waals surface area contributed by atoms with Crippen molar-refractivity contribution in [1.29, 1.82) is 0 Å². The number of methoxy groups -OCH3 is 3. The van der Waals surface area contributed by atoms with Crippen molar-refractivity contribution in [1.82, 2.24) is 0 Å². The SMILES string of the molecule is COc1cc(-c2ccc(CBr)c(=O)o2)c(Br)c(OC)c1OC. The fourth-order valence-corrected chi connectivity index (χ4v) is 3.06. The minimum Gasteiger partial charge on any atom is -0.493 e. The molecule has 118 valence electrons. The molecule has 0 bridgehead atoms. The summed E-state index contributed by atoms with van der Waals surface area (Å²) in [6, 6.07) is 5.16. The lowest BCUT2D eigenvalue weighted by Gasteiger charge is -2.16. The van der Waals surface area contributed by atoms with E-state index in [4.69, 9.17) is 18.6 Å². The summed E-state index contributed by atoms with van der Waals surface area (Å²) < 4.78 is 22.0. The van der Waals surface area contributed by atoms with Gasteiger partial charge in [0.25, 0.3) is 0 Å². The van der Waals surface area contributed by atoms with Gasteiger partial charge in [-0.3, -0.25) is 0 Å². The number of rotatable bonds is 5. The highest BCUT2D eigenvalue weighted by Gasteiger charge is 2.21. The van der Waals surface area contributed by atoms with Gasteiger partial charge in [0.15, 0.2) is 11.5 Å². The lowest BCUT2D eigenvalue weighted by atomic mass is 10.1. The van der Waals surface area contributed by atoms with E-state index in [-0.39, 0.29) is 0 Å². The number of ether oxygens (including phenoxy) is 3. The molecule has 0 atom stereocenters. The van der Waals surface area contributed by atoms with Gasteiger partial charge in [0, 0.05) is 16.5 Å². The van der Waals surface area contributed by atoms with Gasteiger partial charge < -0.3 is 18.6 Å². The van der Waals surface area contributed by atoms with Gasteiger partial charge in [-0.15, -0.1) is 0 Å². The van der Waals surface area contributed by atoms with Crippen molar-refractivity contribution in [2.75, 3.05) is 21.3 Å². The molecule has 0 saturated carbocycles. The minimum atomic E-state index is -0.393. The molecule has 0 aliphatic heterocycles. The van der Waals surface area contributed by atoms with Crippen LogP contribution in [0.5, 0.6) is 17.2 Å². The van der Waals surface area contributed by atoms with Crippen molar-refractivity contribution in [2.45, 2.75) is 5.33 Å². The first-order valence-electron chi connectivity index (χ1n) is 6.25. The third-order valence-electron chi connectivity index (χ3n) is 3.08. The van der Waals surface area contributed by atoms with Gasteiger partial charge in [-0.1, -0.05) is 15.9 Å². The number of alkyl halides is 1. The highest BCUT2D eigenvalue weighted by Crippen LogP contribution is 2.47. The maximum atomic E-state index is 11.9. The van der Waals surface area contributed by atoms with Crippen LogP contribution in [0.1, 0.15) is 5.56 Å². The van der Waals surface area contributed by atoms with Gasteiger partial charge in [0.2, 0.25) is 5.75 Å². The molecular weight excluding hydrogens is 420 g/mol. The van der Waals surface area contributed by atoms with Crippen LogP contribution in [0.25, 0.3) is 11.3 Å². The zero-order valence-corrected chi connectivity index (χ0v) is 15.4. The maximum Gasteiger partial charge on any atom is 0.340 e. The molecule has 0 radical (unpaired) electrons. The summed E-state index contributed by atoms with van der Waals surface area (Å²) in [5, 5.41) is 0.437. The fraction of sp³-hybridized carbons (Fsp3) is 0.267. The van der Waals surface area contributed by atoms with E-state index >= 15 is 0 Å². The molecule has 0 N–H and O–H groups in total. The van der Waals surface area contributed by atoms with Crippen LogP contribution < -0.4 is 19.8 Å². The molecule has 0 aliphatic carbocycles. The molecule has 22 heavy (non-hydrogen) atoms. The zero-order chi connectivity index (χ0) is 16.3. The largest absolute Gasteiger partial charge is 0.493 e. The van der Waals surface area contributed by atoms with E-state index in [0.717, 1.165) is 0 Å². The van der Waals surface area contributed by atoms with Crippen LogP contribution in [0.15, 0.2) is 31.9 Å². The number of hydrogen-bond acceptors (Lipinski definition) is 5. The van der Waals surface area contributed by atoms with Crippen molar-refractivity contribution >= 4 is 31.9 Å². The summed E-state index contributed by atoms with van der Waals surface area (Å²) in [7, 11) is 4.58. The lowest BCUT2D eigenvalue weighted by Crippen LogP contribution is -2.05. The Balaban J connectivity index is 2.70. The van der Waals surface area contributed by atoms with Crippen LogP contribution >= 0.6 is 31.9 Å². The highest BCUT2D eigenvalue weighted by molar-refractivity contribution is 9.10. The van der Waals surface area contributed by atoms with E-state index in [9.17, 15) is 4.79 Å². The normalized spacial score (nSPS) is 10.4. The smallest absolute Gasteiger partial charge is 0.340 e. The Morgan fingerprint density at radius 1 is 1.09 bits per heavy atom. The fourth-order valence-electron chi connectivity index (χ4n) is 1.99. The Bertz CT molecular complexity index is 739. The molecule has 7 heteroatoms. The predicted molar refractivity (Wildman–Crippen MR) is 90.4 cm³/mol. The first kappa shape index (κ1) is 16.9. The molecule has 0 amide bonds. The summed E-state index contributed by atoms with van der Waals surface area (Å²) in [6.45, 7) is 0. The predicted octanol–water partition coefficient (Wildman–Crippen LogP) is 3.99. The summed E-state index contributed by atoms with van der Waals surface area (Å²) in [4.78, 5) is 11.9. The molecule has 1 heterocycles. The van der Waals surface area contributed by atoms with E-state index in [1.165, 1.54) is 21.3 Å². The van der Waals surface area contributed by atoms with Crippen LogP contribution in [-0.4, -0.2) is 21.3 Å². The molecule has 1 aromatic heterocycles. The molecule has 2 aromatic rings. The molecule has 0 unspecified atom stereocenters. The van der Waals surface area contributed by atoms with E-state index in [1.807, 2.05) is 0 Å². The summed E-state index contributed by atoms with van der Waals surface area (Å²) >= 11 is 6.70. The van der Waals surface area contributed by atoms with Crippen molar-refractivity contribution < 1.29 is 18.6 Å². The first-order chi connectivity index (χ1) is 10.6. The molecule has 0 fully saturated rings. The van der Waals surface area contributed by atoms with Crippen molar-refractivity contribution in [3.05, 3.63) is 38.7 Å². The molecular formula is C15H14Br2O5. The average molecular weight is 434 g/mol. The Morgan fingerprint density at radius 2 is 1.77 bits per heavy atom. The molecule has 2 rings (SSSR count). The van der Waals surface area contributed by atoms with Crippen LogP contribution in [0, 0.1) is 0 Å². The average Bonchev–Trinajstić information content (AvgIpc) is 2.54. The monoisotopic (exact) mass is 432 g/mol. The Kier molecular flexibility index (Phi) is 5.52. The molecule has 0 spiro atoms. The lowest BCUT2D eigenvalue weighted by molar-refractivity contribution is 0.323. The molecule has 1 aromatic carbocycles. The Labute approximate surface area is 144 Å². The summed E-state index contributed by atoms with van der Waals surface area (Å²) in [6.07, 6.45) is 0. The van der Waals surface area contributed by atoms with Gasteiger partial charge in [0.05, 0.1) is 25.8 Å². The molecule has 0 saturated heterocycles. The minimum absolute atomic E-state index is 0.393.